The number of nitrogens with two attached hydrogens (primary N) is 1. The van der Waals surface area contributed by atoms with Crippen LogP contribution in [-0.4, -0.2) is 25.5 Å². The maximum absolute atomic E-state index is 5.59. The Balaban J connectivity index is 2.53. The number of nitrogen functional groups attached to an aromatic ring is 1. The summed E-state index contributed by atoms with van der Waals surface area (Å²) in [5.41, 5.74) is 6.86. The van der Waals surface area contributed by atoms with Crippen molar-refractivity contribution < 1.29 is 0 Å². The van der Waals surface area contributed by atoms with Gasteiger partial charge < -0.3 is 16.0 Å². The molecule has 0 amide bonds. The second-order valence-corrected chi connectivity index (χ2v) is 4.41. The van der Waals surface area contributed by atoms with Gasteiger partial charge >= 0.3 is 0 Å². The number of aromatic amines is 1. The molecule has 4 N–H and O–H groups in total. The van der Waals surface area contributed by atoms with Crippen molar-refractivity contribution in [2.24, 2.45) is 0 Å². The van der Waals surface area contributed by atoms with E-state index in [2.05, 4.69) is 25.3 Å². The zero-order valence-electron chi connectivity index (χ0n) is 9.00. The highest BCUT2D eigenvalue weighted by atomic mass is 15.1. The third-order valence-electron chi connectivity index (χ3n) is 1.80. The maximum atomic E-state index is 5.59. The number of hydrogen-bond acceptors (Lipinski definition) is 5. The lowest BCUT2D eigenvalue weighted by Crippen LogP contribution is -2.27. The quantitative estimate of drug-likeness (QED) is 0.650. The lowest BCUT2D eigenvalue weighted by atomic mass is 10.1. The number of rotatable bonds is 1. The minimum atomic E-state index is -0.0845. The average molecular weight is 206 g/mol. The Morgan fingerprint density at radius 2 is 2.07 bits per heavy atom. The van der Waals surface area contributed by atoms with E-state index >= 15 is 0 Å². The molecule has 0 atom stereocenters. The molecule has 0 aliphatic carbocycles. The van der Waals surface area contributed by atoms with Gasteiger partial charge in [-0.25, -0.2) is 4.98 Å². The monoisotopic (exact) mass is 206 g/mol. The molecule has 0 unspecified atom stereocenters. The summed E-state index contributed by atoms with van der Waals surface area (Å²) in [5.74, 6) is 0.906. The molecule has 2 heterocycles. The standard InChI is InChI=1S/C9H14N6/c1-9(2,3)15-7-5-6(12-4-11-5)13-8(10)14-7/h4H,1-3H3,(H4,10,11,12,13,14,15). The number of hydrogen-bond donors (Lipinski definition) is 3. The molecule has 6 heteroatoms. The van der Waals surface area contributed by atoms with Crippen molar-refractivity contribution >= 4 is 22.9 Å². The van der Waals surface area contributed by atoms with Gasteiger partial charge in [0.25, 0.3) is 0 Å². The Bertz CT molecular complexity index is 481. The minimum absolute atomic E-state index is 0.0845. The molecule has 0 aliphatic rings. The van der Waals surface area contributed by atoms with E-state index in [9.17, 15) is 0 Å². The zero-order chi connectivity index (χ0) is 11.1. The van der Waals surface area contributed by atoms with Crippen LogP contribution in [0.3, 0.4) is 0 Å². The topological polar surface area (TPSA) is 92.5 Å². The van der Waals surface area contributed by atoms with Crippen LogP contribution in [0.4, 0.5) is 11.8 Å². The Labute approximate surface area is 87.3 Å². The van der Waals surface area contributed by atoms with Gasteiger partial charge in [-0.3, -0.25) is 0 Å². The first-order chi connectivity index (χ1) is 6.96. The molecule has 2 rings (SSSR count). The van der Waals surface area contributed by atoms with Crippen LogP contribution < -0.4 is 11.1 Å². The predicted octanol–water partition coefficient (Wildman–Crippen LogP) is 1.15. The Hall–Kier alpha value is -1.85. The van der Waals surface area contributed by atoms with E-state index in [1.807, 2.05) is 20.8 Å². The summed E-state index contributed by atoms with van der Waals surface area (Å²) in [4.78, 5) is 15.2. The normalized spacial score (nSPS) is 11.9. The largest absolute Gasteiger partial charge is 0.368 e. The van der Waals surface area contributed by atoms with Gasteiger partial charge in [0.15, 0.2) is 11.5 Å². The summed E-state index contributed by atoms with van der Waals surface area (Å²) in [6.07, 6.45) is 1.58. The van der Waals surface area contributed by atoms with E-state index < -0.39 is 0 Å². The van der Waals surface area contributed by atoms with Crippen molar-refractivity contribution in [1.82, 2.24) is 19.9 Å². The summed E-state index contributed by atoms with van der Waals surface area (Å²) in [7, 11) is 0. The van der Waals surface area contributed by atoms with E-state index in [-0.39, 0.29) is 11.5 Å². The summed E-state index contributed by atoms with van der Waals surface area (Å²) in [6.45, 7) is 6.15. The van der Waals surface area contributed by atoms with Crippen molar-refractivity contribution in [3.05, 3.63) is 6.33 Å². The maximum Gasteiger partial charge on any atom is 0.224 e. The van der Waals surface area contributed by atoms with Gasteiger partial charge in [-0.1, -0.05) is 0 Å². The van der Waals surface area contributed by atoms with E-state index in [1.165, 1.54) is 0 Å². The average Bonchev–Trinajstić information content (AvgIpc) is 2.48. The van der Waals surface area contributed by atoms with Crippen LogP contribution >= 0.6 is 0 Å². The van der Waals surface area contributed by atoms with Crippen molar-refractivity contribution in [1.29, 1.82) is 0 Å². The molecule has 0 radical (unpaired) electrons. The summed E-state index contributed by atoms with van der Waals surface area (Å²) in [6, 6.07) is 0. The SMILES string of the molecule is CC(C)(C)Nc1nc(N)nc2nc[nH]c12. The number of nitrogens with zero attached hydrogens (tertiary/aromatic N) is 3. The molecule has 15 heavy (non-hydrogen) atoms. The number of anilines is 2. The third kappa shape index (κ3) is 1.98. The van der Waals surface area contributed by atoms with Crippen LogP contribution in [0, 0.1) is 0 Å². The number of nitrogens with one attached hydrogen (secondary N) is 2. The highest BCUT2D eigenvalue weighted by Crippen LogP contribution is 2.20. The second-order valence-electron chi connectivity index (χ2n) is 4.41. The number of aromatic nitrogens is 4. The van der Waals surface area contributed by atoms with Crippen LogP contribution in [0.2, 0.25) is 0 Å². The van der Waals surface area contributed by atoms with Gasteiger partial charge in [0.2, 0.25) is 5.95 Å². The minimum Gasteiger partial charge on any atom is -0.368 e. The smallest absolute Gasteiger partial charge is 0.224 e. The zero-order valence-corrected chi connectivity index (χ0v) is 9.00. The fourth-order valence-electron chi connectivity index (χ4n) is 1.30. The first kappa shape index (κ1) is 9.70. The number of H-pyrrole nitrogens is 1. The van der Waals surface area contributed by atoms with Crippen molar-refractivity contribution in [2.45, 2.75) is 26.3 Å². The predicted molar refractivity (Wildman–Crippen MR) is 59.5 cm³/mol. The molecule has 0 bridgehead atoms. The van der Waals surface area contributed by atoms with Gasteiger partial charge in [-0.2, -0.15) is 9.97 Å². The van der Waals surface area contributed by atoms with Gasteiger partial charge in [0.1, 0.15) is 5.52 Å². The van der Waals surface area contributed by atoms with Gasteiger partial charge in [0, 0.05) is 5.54 Å². The molecule has 0 aromatic carbocycles. The molecule has 2 aromatic heterocycles. The summed E-state index contributed by atoms with van der Waals surface area (Å²) >= 11 is 0. The molecule has 80 valence electrons. The molecule has 0 saturated carbocycles. The first-order valence-electron chi connectivity index (χ1n) is 4.70. The number of fused-ring (bicyclic) bond motifs is 1. The van der Waals surface area contributed by atoms with Crippen molar-refractivity contribution in [2.75, 3.05) is 11.1 Å². The molecule has 0 fully saturated rings. The molecule has 0 spiro atoms. The summed E-state index contributed by atoms with van der Waals surface area (Å²) in [5, 5.41) is 3.25. The Morgan fingerprint density at radius 1 is 1.33 bits per heavy atom. The van der Waals surface area contributed by atoms with E-state index in [0.717, 1.165) is 5.52 Å². The van der Waals surface area contributed by atoms with E-state index in [1.54, 1.807) is 6.33 Å². The molecule has 0 saturated heterocycles. The van der Waals surface area contributed by atoms with Crippen LogP contribution in [0.25, 0.3) is 11.2 Å². The lowest BCUT2D eigenvalue weighted by molar-refractivity contribution is 0.631. The highest BCUT2D eigenvalue weighted by Gasteiger charge is 2.14. The summed E-state index contributed by atoms with van der Waals surface area (Å²) < 4.78 is 0. The van der Waals surface area contributed by atoms with Crippen LogP contribution in [0.5, 0.6) is 0 Å². The highest BCUT2D eigenvalue weighted by molar-refractivity contribution is 5.83. The third-order valence-corrected chi connectivity index (χ3v) is 1.80. The second kappa shape index (κ2) is 3.08. The fraction of sp³-hybridized carbons (Fsp3) is 0.444. The Morgan fingerprint density at radius 3 is 2.73 bits per heavy atom. The number of imidazole rings is 1. The fourth-order valence-corrected chi connectivity index (χ4v) is 1.30. The van der Waals surface area contributed by atoms with Gasteiger partial charge in [-0.05, 0) is 20.8 Å². The van der Waals surface area contributed by atoms with Crippen LogP contribution in [-0.2, 0) is 0 Å². The molecule has 0 aliphatic heterocycles. The molecular formula is C9H14N6. The van der Waals surface area contributed by atoms with Gasteiger partial charge in [0.05, 0.1) is 6.33 Å². The molecule has 6 nitrogen and oxygen atoms in total. The van der Waals surface area contributed by atoms with Gasteiger partial charge in [-0.15, -0.1) is 0 Å². The lowest BCUT2D eigenvalue weighted by Gasteiger charge is -2.21. The van der Waals surface area contributed by atoms with Crippen molar-refractivity contribution in [3.8, 4) is 0 Å². The van der Waals surface area contributed by atoms with Crippen LogP contribution in [0.15, 0.2) is 6.33 Å². The first-order valence-corrected chi connectivity index (χ1v) is 4.70. The van der Waals surface area contributed by atoms with Crippen molar-refractivity contribution in [3.63, 3.8) is 0 Å². The van der Waals surface area contributed by atoms with E-state index in [0.29, 0.717) is 11.5 Å². The molecule has 2 aromatic rings. The van der Waals surface area contributed by atoms with Crippen LogP contribution in [0.1, 0.15) is 20.8 Å². The Kier molecular flexibility index (Phi) is 1.99. The van der Waals surface area contributed by atoms with E-state index in [4.69, 9.17) is 5.73 Å². The molecular weight excluding hydrogens is 192 g/mol.